The van der Waals surface area contributed by atoms with Gasteiger partial charge in [-0.3, -0.25) is 9.59 Å². The number of fused-ring (bicyclic) bond motifs is 1. The number of aliphatic carboxylic acids is 1. The maximum Gasteiger partial charge on any atom is 0.310 e. The van der Waals surface area contributed by atoms with Crippen LogP contribution >= 0.6 is 0 Å². The van der Waals surface area contributed by atoms with E-state index in [4.69, 9.17) is 4.42 Å². The van der Waals surface area contributed by atoms with Crippen LogP contribution in [-0.2, 0) is 14.6 Å². The van der Waals surface area contributed by atoms with Crippen LogP contribution in [0.25, 0.3) is 11.0 Å². The highest BCUT2D eigenvalue weighted by molar-refractivity contribution is 7.90. The largest absolute Gasteiger partial charge is 0.481 e. The van der Waals surface area contributed by atoms with Crippen LogP contribution in [0, 0.1) is 0 Å². The lowest BCUT2D eigenvalue weighted by molar-refractivity contribution is -0.138. The molecule has 0 spiro atoms. The molecule has 0 fully saturated rings. The second-order valence-electron chi connectivity index (χ2n) is 6.09. The molecular formula is C19H16O6S. The quantitative estimate of drug-likeness (QED) is 0.690. The van der Waals surface area contributed by atoms with E-state index in [1.165, 1.54) is 36.6 Å². The van der Waals surface area contributed by atoms with Gasteiger partial charge in [-0.25, -0.2) is 8.42 Å². The van der Waals surface area contributed by atoms with E-state index in [1.807, 2.05) is 0 Å². The number of hydrogen-bond donors (Lipinski definition) is 1. The molecule has 3 aromatic rings. The van der Waals surface area contributed by atoms with E-state index in [1.54, 1.807) is 19.1 Å². The maximum absolute atomic E-state index is 12.9. The zero-order valence-electron chi connectivity index (χ0n) is 14.1. The lowest BCUT2D eigenvalue weighted by Crippen LogP contribution is -2.09. The molecule has 1 unspecified atom stereocenters. The Labute approximate surface area is 150 Å². The van der Waals surface area contributed by atoms with Gasteiger partial charge in [0, 0.05) is 17.2 Å². The molecule has 0 saturated carbocycles. The van der Waals surface area contributed by atoms with Gasteiger partial charge in [0.15, 0.2) is 15.6 Å². The molecule has 1 aromatic heterocycles. The van der Waals surface area contributed by atoms with Crippen LogP contribution in [0.5, 0.6) is 0 Å². The average Bonchev–Trinajstić information content (AvgIpc) is 3.07. The van der Waals surface area contributed by atoms with Crippen LogP contribution in [0.3, 0.4) is 0 Å². The van der Waals surface area contributed by atoms with E-state index in [9.17, 15) is 23.1 Å². The van der Waals surface area contributed by atoms with Crippen LogP contribution in [0.2, 0.25) is 0 Å². The van der Waals surface area contributed by atoms with Crippen molar-refractivity contribution in [1.82, 2.24) is 0 Å². The zero-order valence-corrected chi connectivity index (χ0v) is 14.9. The summed E-state index contributed by atoms with van der Waals surface area (Å²) >= 11 is 0. The molecule has 3 rings (SSSR count). The molecule has 7 heteroatoms. The van der Waals surface area contributed by atoms with Crippen molar-refractivity contribution in [3.05, 3.63) is 65.4 Å². The first-order chi connectivity index (χ1) is 12.2. The summed E-state index contributed by atoms with van der Waals surface area (Å²) in [4.78, 5) is 24.3. The van der Waals surface area contributed by atoms with E-state index in [-0.39, 0.29) is 21.8 Å². The van der Waals surface area contributed by atoms with Crippen molar-refractivity contribution < 1.29 is 27.5 Å². The molecule has 0 saturated heterocycles. The van der Waals surface area contributed by atoms with E-state index in [0.29, 0.717) is 16.5 Å². The summed E-state index contributed by atoms with van der Waals surface area (Å²) in [6.07, 6.45) is 2.52. The van der Waals surface area contributed by atoms with Crippen LogP contribution in [0.15, 0.2) is 58.0 Å². The highest BCUT2D eigenvalue weighted by Gasteiger charge is 2.21. The number of ketones is 1. The van der Waals surface area contributed by atoms with Gasteiger partial charge in [0.1, 0.15) is 5.58 Å². The van der Waals surface area contributed by atoms with Gasteiger partial charge in [0.2, 0.25) is 0 Å². The summed E-state index contributed by atoms with van der Waals surface area (Å²) in [7, 11) is -3.36. The minimum atomic E-state index is -3.36. The predicted molar refractivity (Wildman–Crippen MR) is 95.2 cm³/mol. The average molecular weight is 372 g/mol. The van der Waals surface area contributed by atoms with Crippen molar-refractivity contribution >= 4 is 32.6 Å². The van der Waals surface area contributed by atoms with Gasteiger partial charge in [0.05, 0.1) is 22.6 Å². The maximum atomic E-state index is 12.9. The summed E-state index contributed by atoms with van der Waals surface area (Å²) in [6, 6.07) is 10.5. The summed E-state index contributed by atoms with van der Waals surface area (Å²) in [6.45, 7) is 1.54. The molecule has 6 nitrogen and oxygen atoms in total. The first-order valence-corrected chi connectivity index (χ1v) is 9.66. The molecule has 2 aromatic carbocycles. The molecule has 134 valence electrons. The second kappa shape index (κ2) is 6.42. The van der Waals surface area contributed by atoms with Crippen LogP contribution < -0.4 is 0 Å². The van der Waals surface area contributed by atoms with Gasteiger partial charge in [-0.05, 0) is 55.0 Å². The zero-order chi connectivity index (χ0) is 19.1. The molecule has 0 amide bonds. The molecule has 0 bridgehead atoms. The third kappa shape index (κ3) is 3.25. The number of furan rings is 1. The third-order valence-electron chi connectivity index (χ3n) is 4.23. The summed E-state index contributed by atoms with van der Waals surface area (Å²) in [5.74, 6) is -2.15. The Morgan fingerprint density at radius 2 is 1.73 bits per heavy atom. The molecule has 0 radical (unpaired) electrons. The lowest BCUT2D eigenvalue weighted by Gasteiger charge is -2.10. The topological polar surface area (TPSA) is 102 Å². The van der Waals surface area contributed by atoms with E-state index < -0.39 is 21.7 Å². The Hall–Kier alpha value is -2.93. The Morgan fingerprint density at radius 1 is 1.08 bits per heavy atom. The number of rotatable bonds is 5. The minimum Gasteiger partial charge on any atom is -0.481 e. The number of carbonyl (C=O) groups excluding carboxylic acids is 1. The highest BCUT2D eigenvalue weighted by Crippen LogP contribution is 2.28. The number of sulfone groups is 1. The summed E-state index contributed by atoms with van der Waals surface area (Å²) < 4.78 is 28.5. The molecule has 1 N–H and O–H groups in total. The van der Waals surface area contributed by atoms with Crippen molar-refractivity contribution in [1.29, 1.82) is 0 Å². The highest BCUT2D eigenvalue weighted by atomic mass is 32.2. The van der Waals surface area contributed by atoms with Crippen molar-refractivity contribution in [3.8, 4) is 0 Å². The fourth-order valence-electron chi connectivity index (χ4n) is 2.68. The van der Waals surface area contributed by atoms with Crippen molar-refractivity contribution in [2.75, 3.05) is 6.26 Å². The Bertz CT molecular complexity index is 1110. The molecule has 0 aliphatic carbocycles. The van der Waals surface area contributed by atoms with Crippen molar-refractivity contribution in [2.24, 2.45) is 0 Å². The number of carboxylic acids is 1. The van der Waals surface area contributed by atoms with E-state index >= 15 is 0 Å². The molecule has 1 heterocycles. The van der Waals surface area contributed by atoms with E-state index in [0.717, 1.165) is 6.26 Å². The van der Waals surface area contributed by atoms with Crippen LogP contribution in [0.4, 0.5) is 0 Å². The summed E-state index contributed by atoms with van der Waals surface area (Å²) in [5, 5.41) is 9.88. The Morgan fingerprint density at radius 3 is 2.31 bits per heavy atom. The lowest BCUT2D eigenvalue weighted by atomic mass is 9.94. The number of carbonyl (C=O) groups is 2. The molecule has 1 atom stereocenters. The SMILES string of the molecule is CC(C(=O)O)c1cc(C(=O)c2ccc(S(C)(=O)=O)cc2)c2occc2c1. The fourth-order valence-corrected chi connectivity index (χ4v) is 3.31. The van der Waals surface area contributed by atoms with Gasteiger partial charge in [-0.15, -0.1) is 0 Å². The van der Waals surface area contributed by atoms with Gasteiger partial charge < -0.3 is 9.52 Å². The molecule has 0 aliphatic heterocycles. The van der Waals surface area contributed by atoms with Gasteiger partial charge in [0.25, 0.3) is 0 Å². The first kappa shape index (κ1) is 17.9. The minimum absolute atomic E-state index is 0.116. The Balaban J connectivity index is 2.10. The third-order valence-corrected chi connectivity index (χ3v) is 5.36. The first-order valence-electron chi connectivity index (χ1n) is 7.77. The number of hydrogen-bond acceptors (Lipinski definition) is 5. The van der Waals surface area contributed by atoms with Crippen LogP contribution in [-0.4, -0.2) is 31.5 Å². The van der Waals surface area contributed by atoms with Crippen LogP contribution in [0.1, 0.15) is 34.3 Å². The van der Waals surface area contributed by atoms with Gasteiger partial charge in [-0.1, -0.05) is 0 Å². The van der Waals surface area contributed by atoms with Crippen molar-refractivity contribution in [3.63, 3.8) is 0 Å². The van der Waals surface area contributed by atoms with Crippen molar-refractivity contribution in [2.45, 2.75) is 17.7 Å². The summed E-state index contributed by atoms with van der Waals surface area (Å²) in [5.41, 5.74) is 1.38. The van der Waals surface area contributed by atoms with Gasteiger partial charge >= 0.3 is 5.97 Å². The fraction of sp³-hybridized carbons (Fsp3) is 0.158. The Kier molecular flexibility index (Phi) is 4.41. The predicted octanol–water partition coefficient (Wildman–Crippen LogP) is 3.26. The molecule has 26 heavy (non-hydrogen) atoms. The molecule has 0 aliphatic rings. The monoisotopic (exact) mass is 372 g/mol. The second-order valence-corrected chi connectivity index (χ2v) is 8.11. The van der Waals surface area contributed by atoms with E-state index in [2.05, 4.69) is 0 Å². The smallest absolute Gasteiger partial charge is 0.310 e. The molecular weight excluding hydrogens is 356 g/mol. The number of benzene rings is 2. The number of carboxylic acid groups (broad SMARTS) is 1. The van der Waals surface area contributed by atoms with Gasteiger partial charge in [-0.2, -0.15) is 0 Å². The normalized spacial score (nSPS) is 12.8. The standard InChI is InChI=1S/C19H16O6S/c1-11(19(21)22)14-9-13-7-8-25-18(13)16(10-14)17(20)12-3-5-15(6-4-12)26(2,23)24/h3-11H,1-2H3,(H,21,22).